The van der Waals surface area contributed by atoms with Gasteiger partial charge in [0.05, 0.1) is 11.9 Å². The van der Waals surface area contributed by atoms with E-state index < -0.39 is 24.5 Å². The molecule has 0 aromatic carbocycles. The minimum atomic E-state index is -0.683. The van der Waals surface area contributed by atoms with Gasteiger partial charge in [0.25, 0.3) is 5.91 Å². The van der Waals surface area contributed by atoms with E-state index in [0.29, 0.717) is 11.5 Å². The highest BCUT2D eigenvalue weighted by Crippen LogP contribution is 2.23. The zero-order valence-corrected chi connectivity index (χ0v) is 16.6. The van der Waals surface area contributed by atoms with Gasteiger partial charge in [0, 0.05) is 12.2 Å². The molecule has 0 radical (unpaired) electrons. The van der Waals surface area contributed by atoms with Crippen molar-refractivity contribution < 1.29 is 19.1 Å². The van der Waals surface area contributed by atoms with Crippen molar-refractivity contribution in [3.63, 3.8) is 0 Å². The second-order valence-electron chi connectivity index (χ2n) is 7.28. The van der Waals surface area contributed by atoms with Gasteiger partial charge in [0.2, 0.25) is 0 Å². The molecule has 29 heavy (non-hydrogen) atoms. The summed E-state index contributed by atoms with van der Waals surface area (Å²) in [5, 5.41) is 9.18. The van der Waals surface area contributed by atoms with Crippen LogP contribution in [0.25, 0.3) is 5.82 Å². The van der Waals surface area contributed by atoms with E-state index in [1.807, 2.05) is 19.9 Å². The van der Waals surface area contributed by atoms with Crippen molar-refractivity contribution in [2.24, 2.45) is 0 Å². The molecular formula is C20H25N5O4. The molecule has 0 aliphatic heterocycles. The fraction of sp³-hybridized carbons (Fsp3) is 0.450. The Morgan fingerprint density at radius 2 is 2.00 bits per heavy atom. The van der Waals surface area contributed by atoms with E-state index in [-0.39, 0.29) is 17.5 Å². The molecule has 154 valence electrons. The largest absolute Gasteiger partial charge is 0.452 e. The maximum Gasteiger partial charge on any atom is 0.342 e. The minimum absolute atomic E-state index is 0.0342. The first-order valence-corrected chi connectivity index (χ1v) is 9.72. The Morgan fingerprint density at radius 1 is 1.24 bits per heavy atom. The van der Waals surface area contributed by atoms with Gasteiger partial charge in [-0.1, -0.05) is 32.8 Å². The predicted octanol–water partition coefficient (Wildman–Crippen LogP) is 2.32. The summed E-state index contributed by atoms with van der Waals surface area (Å²) in [6.45, 7) is 3.30. The van der Waals surface area contributed by atoms with E-state index in [1.54, 1.807) is 23.0 Å². The van der Waals surface area contributed by atoms with E-state index in [9.17, 15) is 14.4 Å². The molecule has 1 fully saturated rings. The van der Waals surface area contributed by atoms with E-state index >= 15 is 0 Å². The molecule has 1 aliphatic carbocycles. The Kier molecular flexibility index (Phi) is 6.58. The molecule has 0 unspecified atom stereocenters. The van der Waals surface area contributed by atoms with Gasteiger partial charge in [-0.3, -0.25) is 10.1 Å². The molecular weight excluding hydrogens is 374 g/mol. The van der Waals surface area contributed by atoms with Crippen LogP contribution in [0.3, 0.4) is 0 Å². The lowest BCUT2D eigenvalue weighted by Crippen LogP contribution is -2.45. The summed E-state index contributed by atoms with van der Waals surface area (Å²) in [7, 11) is 0. The van der Waals surface area contributed by atoms with Crippen LogP contribution >= 0.6 is 0 Å². The number of amides is 3. The maximum absolute atomic E-state index is 12.5. The van der Waals surface area contributed by atoms with Gasteiger partial charge < -0.3 is 10.1 Å². The summed E-state index contributed by atoms with van der Waals surface area (Å²) in [4.78, 5) is 40.5. The molecule has 3 rings (SSSR count). The van der Waals surface area contributed by atoms with Crippen LogP contribution in [0.2, 0.25) is 0 Å². The average Bonchev–Trinajstić information content (AvgIpc) is 3.36. The van der Waals surface area contributed by atoms with Crippen molar-refractivity contribution in [3.8, 4) is 5.82 Å². The smallest absolute Gasteiger partial charge is 0.342 e. The Hall–Kier alpha value is -3.23. The number of pyridine rings is 1. The van der Waals surface area contributed by atoms with Crippen LogP contribution in [0.15, 0.2) is 30.6 Å². The lowest BCUT2D eigenvalue weighted by atomic mass is 10.1. The summed E-state index contributed by atoms with van der Waals surface area (Å²) in [5.41, 5.74) is 0.891. The molecule has 9 heteroatoms. The van der Waals surface area contributed by atoms with Gasteiger partial charge in [-0.25, -0.2) is 19.3 Å². The molecule has 2 aromatic rings. The Morgan fingerprint density at radius 3 is 2.66 bits per heavy atom. The standard InChI is InChI=1S/C20H25N5O4/c1-13(2)18-15(11-22-25(18)16-9-5-6-10-21-16)19(27)29-12-17(26)24-20(28)23-14-7-3-4-8-14/h5-6,9-11,13-14H,3-4,7-8,12H2,1-2H3,(H2,23,24,26,28). The topological polar surface area (TPSA) is 115 Å². The van der Waals surface area contributed by atoms with E-state index in [0.717, 1.165) is 25.7 Å². The zero-order chi connectivity index (χ0) is 20.8. The van der Waals surface area contributed by atoms with Crippen LogP contribution in [0.5, 0.6) is 0 Å². The van der Waals surface area contributed by atoms with Crippen molar-refractivity contribution in [2.75, 3.05) is 6.61 Å². The Balaban J connectivity index is 1.59. The molecule has 0 saturated heterocycles. The summed E-state index contributed by atoms with van der Waals surface area (Å²) in [5.74, 6) is -0.816. The van der Waals surface area contributed by atoms with Crippen LogP contribution in [0.1, 0.15) is 61.5 Å². The molecule has 2 aromatic heterocycles. The lowest BCUT2D eigenvalue weighted by molar-refractivity contribution is -0.123. The molecule has 0 atom stereocenters. The van der Waals surface area contributed by atoms with Gasteiger partial charge in [0.1, 0.15) is 5.56 Å². The number of imide groups is 1. The number of hydrogen-bond donors (Lipinski definition) is 2. The number of nitrogens with zero attached hydrogens (tertiary/aromatic N) is 3. The van der Waals surface area contributed by atoms with Gasteiger partial charge >= 0.3 is 12.0 Å². The molecule has 1 saturated carbocycles. The van der Waals surface area contributed by atoms with Crippen LogP contribution in [0.4, 0.5) is 4.79 Å². The Labute approximate surface area is 168 Å². The van der Waals surface area contributed by atoms with Crippen molar-refractivity contribution >= 4 is 17.9 Å². The summed E-state index contributed by atoms with van der Waals surface area (Å²) >= 11 is 0. The number of rotatable bonds is 6. The van der Waals surface area contributed by atoms with Crippen molar-refractivity contribution in [2.45, 2.75) is 51.5 Å². The fourth-order valence-corrected chi connectivity index (χ4v) is 3.40. The van der Waals surface area contributed by atoms with Crippen molar-refractivity contribution in [3.05, 3.63) is 41.9 Å². The van der Waals surface area contributed by atoms with Gasteiger partial charge in [-0.2, -0.15) is 5.10 Å². The summed E-state index contributed by atoms with van der Waals surface area (Å²) in [6, 6.07) is 4.93. The quantitative estimate of drug-likeness (QED) is 0.721. The second-order valence-corrected chi connectivity index (χ2v) is 7.28. The van der Waals surface area contributed by atoms with E-state index in [4.69, 9.17) is 4.74 Å². The van der Waals surface area contributed by atoms with Gasteiger partial charge in [-0.05, 0) is 30.9 Å². The molecule has 2 N–H and O–H groups in total. The fourth-order valence-electron chi connectivity index (χ4n) is 3.40. The van der Waals surface area contributed by atoms with E-state index in [2.05, 4.69) is 20.7 Å². The third-order valence-corrected chi connectivity index (χ3v) is 4.72. The average molecular weight is 399 g/mol. The summed E-state index contributed by atoms with van der Waals surface area (Å²) < 4.78 is 6.68. The molecule has 0 spiro atoms. The highest BCUT2D eigenvalue weighted by Gasteiger charge is 2.24. The monoisotopic (exact) mass is 399 g/mol. The highest BCUT2D eigenvalue weighted by molar-refractivity contribution is 5.97. The number of carbonyl (C=O) groups is 3. The van der Waals surface area contributed by atoms with Crippen LogP contribution in [0, 0.1) is 0 Å². The zero-order valence-electron chi connectivity index (χ0n) is 16.6. The molecule has 0 bridgehead atoms. The molecule has 9 nitrogen and oxygen atoms in total. The molecule has 1 aliphatic rings. The number of ether oxygens (including phenoxy) is 1. The molecule has 3 amide bonds. The summed E-state index contributed by atoms with van der Waals surface area (Å²) in [6.07, 6.45) is 7.00. The highest BCUT2D eigenvalue weighted by atomic mass is 16.5. The van der Waals surface area contributed by atoms with Crippen LogP contribution < -0.4 is 10.6 Å². The molecule has 2 heterocycles. The minimum Gasteiger partial charge on any atom is -0.452 e. The SMILES string of the molecule is CC(C)c1c(C(=O)OCC(=O)NC(=O)NC2CCCC2)cnn1-c1ccccn1. The predicted molar refractivity (Wildman–Crippen MR) is 105 cm³/mol. The van der Waals surface area contributed by atoms with Crippen molar-refractivity contribution in [1.82, 2.24) is 25.4 Å². The second kappa shape index (κ2) is 9.31. The third kappa shape index (κ3) is 5.18. The van der Waals surface area contributed by atoms with Crippen LogP contribution in [-0.4, -0.2) is 45.3 Å². The van der Waals surface area contributed by atoms with Crippen molar-refractivity contribution in [1.29, 1.82) is 0 Å². The number of aromatic nitrogens is 3. The van der Waals surface area contributed by atoms with Crippen LogP contribution in [-0.2, 0) is 9.53 Å². The van der Waals surface area contributed by atoms with Gasteiger partial charge in [-0.15, -0.1) is 0 Å². The maximum atomic E-state index is 12.5. The number of nitrogens with one attached hydrogen (secondary N) is 2. The first-order chi connectivity index (χ1) is 14.0. The number of hydrogen-bond acceptors (Lipinski definition) is 6. The van der Waals surface area contributed by atoms with E-state index in [1.165, 1.54) is 6.20 Å². The van der Waals surface area contributed by atoms with Gasteiger partial charge in [0.15, 0.2) is 12.4 Å². The lowest BCUT2D eigenvalue weighted by Gasteiger charge is -2.13. The first kappa shape index (κ1) is 20.5. The third-order valence-electron chi connectivity index (χ3n) is 4.72. The number of esters is 1. The number of urea groups is 1. The normalized spacial score (nSPS) is 14.0. The number of carbonyl (C=O) groups excluding carboxylic acids is 3. The first-order valence-electron chi connectivity index (χ1n) is 9.72. The Bertz CT molecular complexity index is 872.